The Hall–Kier alpha value is -3.42. The number of halogens is 3. The second kappa shape index (κ2) is 7.67. The molecule has 0 bridgehead atoms. The molecule has 144 valence electrons. The van der Waals surface area contributed by atoms with Gasteiger partial charge in [0.2, 0.25) is 11.1 Å². The largest absolute Gasteiger partial charge is 0.453 e. The molecular formula is C20H15F3N2O3. The van der Waals surface area contributed by atoms with E-state index in [0.29, 0.717) is 5.69 Å². The molecule has 28 heavy (non-hydrogen) atoms. The Morgan fingerprint density at radius 3 is 2.29 bits per heavy atom. The van der Waals surface area contributed by atoms with Gasteiger partial charge in [-0.05, 0) is 38.1 Å². The number of nitrogens with zero attached hydrogens (tertiary/aromatic N) is 2. The molecule has 0 N–H and O–H groups in total. The van der Waals surface area contributed by atoms with Crippen molar-refractivity contribution in [2.24, 2.45) is 0 Å². The molecule has 8 heteroatoms. The number of aryl methyl sites for hydroxylation is 1. The first kappa shape index (κ1) is 19.3. The zero-order chi connectivity index (χ0) is 20.4. The number of carbonyl (C=O) groups is 1. The first-order valence-corrected chi connectivity index (χ1v) is 8.30. The summed E-state index contributed by atoms with van der Waals surface area (Å²) in [6.45, 7) is 2.79. The van der Waals surface area contributed by atoms with E-state index in [0.717, 1.165) is 22.9 Å². The lowest BCUT2D eigenvalue weighted by atomic mass is 10.1. The van der Waals surface area contributed by atoms with Crippen LogP contribution in [0.5, 0.6) is 0 Å². The molecule has 0 aliphatic rings. The number of para-hydroxylation sites is 1. The van der Waals surface area contributed by atoms with Crippen LogP contribution in [0.1, 0.15) is 34.8 Å². The summed E-state index contributed by atoms with van der Waals surface area (Å²) in [4.78, 5) is 24.6. The fraction of sp³-hybridized carbons (Fsp3) is 0.150. The lowest BCUT2D eigenvalue weighted by Gasteiger charge is -2.16. The molecular weight excluding hydrogens is 373 g/mol. The molecule has 1 atom stereocenters. The number of hydrogen-bond acceptors (Lipinski definition) is 4. The van der Waals surface area contributed by atoms with Gasteiger partial charge in [0.1, 0.15) is 29.2 Å². The number of ether oxygens (including phenoxy) is 1. The van der Waals surface area contributed by atoms with Gasteiger partial charge in [-0.1, -0.05) is 18.2 Å². The maximum atomic E-state index is 14.1. The molecule has 0 fully saturated rings. The average molecular weight is 388 g/mol. The van der Waals surface area contributed by atoms with Crippen molar-refractivity contribution in [3.63, 3.8) is 0 Å². The first-order valence-electron chi connectivity index (χ1n) is 8.30. The van der Waals surface area contributed by atoms with Gasteiger partial charge in [-0.3, -0.25) is 4.79 Å². The molecule has 3 rings (SSSR count). The Morgan fingerprint density at radius 2 is 1.64 bits per heavy atom. The van der Waals surface area contributed by atoms with Gasteiger partial charge in [-0.15, -0.1) is 0 Å². The monoisotopic (exact) mass is 388 g/mol. The van der Waals surface area contributed by atoms with Crippen LogP contribution in [0.15, 0.2) is 53.3 Å². The summed E-state index contributed by atoms with van der Waals surface area (Å²) >= 11 is 0. The van der Waals surface area contributed by atoms with Gasteiger partial charge in [0.05, 0.1) is 5.56 Å². The molecule has 0 amide bonds. The van der Waals surface area contributed by atoms with Crippen molar-refractivity contribution < 1.29 is 22.7 Å². The highest BCUT2D eigenvalue weighted by Crippen LogP contribution is 2.24. The first-order chi connectivity index (χ1) is 13.3. The van der Waals surface area contributed by atoms with Gasteiger partial charge < -0.3 is 4.74 Å². The van der Waals surface area contributed by atoms with E-state index < -0.39 is 46.2 Å². The Bertz CT molecular complexity index is 1090. The van der Waals surface area contributed by atoms with Gasteiger partial charge in [-0.25, -0.2) is 22.6 Å². The highest BCUT2D eigenvalue weighted by Gasteiger charge is 2.24. The minimum atomic E-state index is -1.31. The molecule has 0 spiro atoms. The third-order valence-corrected chi connectivity index (χ3v) is 4.07. The second-order valence-corrected chi connectivity index (χ2v) is 6.04. The van der Waals surface area contributed by atoms with Crippen LogP contribution < -0.4 is 5.43 Å². The third-order valence-electron chi connectivity index (χ3n) is 4.07. The Morgan fingerprint density at radius 1 is 1.04 bits per heavy atom. The quantitative estimate of drug-likeness (QED) is 0.637. The second-order valence-electron chi connectivity index (χ2n) is 6.04. The van der Waals surface area contributed by atoms with Gasteiger partial charge >= 0.3 is 5.97 Å². The Labute approximate surface area is 158 Å². The minimum Gasteiger partial charge on any atom is -0.453 e. The SMILES string of the molecule is Cc1cc(=O)c(C(=O)O[C@@H](C)c2c(F)cccc2F)nn1-c1ccccc1F. The number of benzene rings is 2. The normalized spacial score (nSPS) is 11.9. The molecule has 0 aliphatic carbocycles. The summed E-state index contributed by atoms with van der Waals surface area (Å²) in [5.74, 6) is -3.56. The molecule has 5 nitrogen and oxygen atoms in total. The number of rotatable bonds is 4. The van der Waals surface area contributed by atoms with Gasteiger partial charge in [0.15, 0.2) is 0 Å². The summed E-state index contributed by atoms with van der Waals surface area (Å²) < 4.78 is 47.9. The molecule has 0 saturated carbocycles. The van der Waals surface area contributed by atoms with Crippen molar-refractivity contribution in [3.05, 3.63) is 93.2 Å². The lowest BCUT2D eigenvalue weighted by Crippen LogP contribution is -2.25. The van der Waals surface area contributed by atoms with E-state index in [1.54, 1.807) is 6.07 Å². The number of hydrogen-bond donors (Lipinski definition) is 0. The summed E-state index contributed by atoms with van der Waals surface area (Å²) in [5.41, 5.74) is -1.51. The smallest absolute Gasteiger partial charge is 0.363 e. The summed E-state index contributed by atoms with van der Waals surface area (Å²) in [6.07, 6.45) is -1.31. The average Bonchev–Trinajstić information content (AvgIpc) is 2.62. The van der Waals surface area contributed by atoms with Crippen LogP contribution in [-0.4, -0.2) is 15.7 Å². The standard InChI is InChI=1S/C20H15F3N2O3/c1-11-10-17(26)19(24-25(11)16-9-4-3-6-13(16)21)20(27)28-12(2)18-14(22)7-5-8-15(18)23/h3-10,12H,1-2H3/t12-/m0/s1. The van der Waals surface area contributed by atoms with Crippen LogP contribution in [0.2, 0.25) is 0 Å². The Balaban J connectivity index is 1.97. The zero-order valence-electron chi connectivity index (χ0n) is 14.9. The van der Waals surface area contributed by atoms with E-state index in [2.05, 4.69) is 5.10 Å². The predicted octanol–water partition coefficient (Wildman–Crippen LogP) is 3.88. The highest BCUT2D eigenvalue weighted by atomic mass is 19.1. The maximum Gasteiger partial charge on any atom is 0.363 e. The van der Waals surface area contributed by atoms with Crippen LogP contribution in [0, 0.1) is 24.4 Å². The van der Waals surface area contributed by atoms with E-state index in [-0.39, 0.29) is 5.69 Å². The number of carbonyl (C=O) groups excluding carboxylic acids is 1. The molecule has 0 aliphatic heterocycles. The van der Waals surface area contributed by atoms with Crippen molar-refractivity contribution >= 4 is 5.97 Å². The molecule has 2 aromatic carbocycles. The Kier molecular flexibility index (Phi) is 5.30. The zero-order valence-corrected chi connectivity index (χ0v) is 14.9. The van der Waals surface area contributed by atoms with E-state index >= 15 is 0 Å². The fourth-order valence-corrected chi connectivity index (χ4v) is 2.73. The number of esters is 1. The lowest BCUT2D eigenvalue weighted by molar-refractivity contribution is 0.0313. The predicted molar refractivity (Wildman–Crippen MR) is 94.7 cm³/mol. The van der Waals surface area contributed by atoms with Gasteiger partial charge in [0, 0.05) is 11.8 Å². The van der Waals surface area contributed by atoms with E-state index in [1.165, 1.54) is 38.1 Å². The molecule has 1 heterocycles. The third kappa shape index (κ3) is 3.66. The van der Waals surface area contributed by atoms with E-state index in [9.17, 15) is 22.8 Å². The van der Waals surface area contributed by atoms with E-state index in [4.69, 9.17) is 4.74 Å². The van der Waals surface area contributed by atoms with Gasteiger partial charge in [-0.2, -0.15) is 5.10 Å². The molecule has 0 saturated heterocycles. The topological polar surface area (TPSA) is 61.2 Å². The van der Waals surface area contributed by atoms with Crippen molar-refractivity contribution in [1.82, 2.24) is 9.78 Å². The minimum absolute atomic E-state index is 0.0299. The molecule has 0 unspecified atom stereocenters. The van der Waals surface area contributed by atoms with Crippen LogP contribution in [0.4, 0.5) is 13.2 Å². The number of aromatic nitrogens is 2. The summed E-state index contributed by atoms with van der Waals surface area (Å²) in [5, 5.41) is 3.90. The van der Waals surface area contributed by atoms with Crippen LogP contribution in [0.3, 0.4) is 0 Å². The molecule has 0 radical (unpaired) electrons. The van der Waals surface area contributed by atoms with Crippen LogP contribution in [-0.2, 0) is 4.74 Å². The van der Waals surface area contributed by atoms with Crippen molar-refractivity contribution in [1.29, 1.82) is 0 Å². The van der Waals surface area contributed by atoms with Crippen LogP contribution in [0.25, 0.3) is 5.69 Å². The summed E-state index contributed by atoms with van der Waals surface area (Å²) in [7, 11) is 0. The highest BCUT2D eigenvalue weighted by molar-refractivity contribution is 5.87. The van der Waals surface area contributed by atoms with Crippen LogP contribution >= 0.6 is 0 Å². The van der Waals surface area contributed by atoms with Crippen molar-refractivity contribution in [2.45, 2.75) is 20.0 Å². The maximum absolute atomic E-state index is 14.1. The fourth-order valence-electron chi connectivity index (χ4n) is 2.73. The van der Waals surface area contributed by atoms with E-state index in [1.807, 2.05) is 0 Å². The van der Waals surface area contributed by atoms with Crippen molar-refractivity contribution in [3.8, 4) is 5.69 Å². The summed E-state index contributed by atoms with van der Waals surface area (Å²) in [6, 6.07) is 10.0. The molecule has 3 aromatic rings. The van der Waals surface area contributed by atoms with Crippen molar-refractivity contribution in [2.75, 3.05) is 0 Å². The molecule has 1 aromatic heterocycles. The van der Waals surface area contributed by atoms with Gasteiger partial charge in [0.25, 0.3) is 0 Å².